The number of hydrogen-bond acceptors (Lipinski definition) is 4. The molecule has 0 aromatic heterocycles. The van der Waals surface area contributed by atoms with Crippen LogP contribution in [-0.4, -0.2) is 49.8 Å². The number of nitrogens with zero attached hydrogens (tertiary/aromatic N) is 1. The van der Waals surface area contributed by atoms with E-state index in [2.05, 4.69) is 0 Å². The number of likely N-dealkylation sites (tertiary alicyclic amines) is 1. The number of carbonyl (C=O) groups is 1. The van der Waals surface area contributed by atoms with E-state index in [1.54, 1.807) is 25.0 Å². The minimum atomic E-state index is -4.67. The second-order valence-corrected chi connectivity index (χ2v) is 9.15. The molecule has 2 unspecified atom stereocenters. The van der Waals surface area contributed by atoms with Crippen molar-refractivity contribution in [3.8, 4) is 16.9 Å². The van der Waals surface area contributed by atoms with E-state index in [1.807, 2.05) is 0 Å². The number of halogens is 4. The SMILES string of the molecule is CCOc1cc(-c2c(F)cccc2C(O)(CCCCOC)C2CCCN(C=O)C2)cc(C(F)(F)F)c1. The van der Waals surface area contributed by atoms with Gasteiger partial charge < -0.3 is 19.5 Å². The minimum Gasteiger partial charge on any atom is -0.494 e. The molecule has 0 aliphatic carbocycles. The number of carbonyl (C=O) groups excluding carboxylic acids is 1. The number of benzene rings is 2. The normalized spacial score (nSPS) is 18.1. The lowest BCUT2D eigenvalue weighted by Gasteiger charge is -2.43. The predicted molar refractivity (Wildman–Crippen MR) is 128 cm³/mol. The smallest absolute Gasteiger partial charge is 0.416 e. The van der Waals surface area contributed by atoms with Crippen LogP contribution in [0, 0.1) is 11.7 Å². The summed E-state index contributed by atoms with van der Waals surface area (Å²) in [4.78, 5) is 13.1. The third-order valence-electron chi connectivity index (χ3n) is 6.75. The van der Waals surface area contributed by atoms with E-state index in [9.17, 15) is 23.1 Å². The lowest BCUT2D eigenvalue weighted by Crippen LogP contribution is -2.46. The van der Waals surface area contributed by atoms with Crippen LogP contribution in [0.1, 0.15) is 50.2 Å². The quantitative estimate of drug-likeness (QED) is 0.236. The van der Waals surface area contributed by atoms with Crippen LogP contribution in [0.3, 0.4) is 0 Å². The fourth-order valence-corrected chi connectivity index (χ4v) is 5.03. The molecule has 1 fully saturated rings. The maximum absolute atomic E-state index is 15.4. The zero-order valence-electron chi connectivity index (χ0n) is 20.6. The highest BCUT2D eigenvalue weighted by Gasteiger charge is 2.42. The summed E-state index contributed by atoms with van der Waals surface area (Å²) < 4.78 is 67.0. The van der Waals surface area contributed by atoms with Crippen molar-refractivity contribution in [1.29, 1.82) is 0 Å². The van der Waals surface area contributed by atoms with Crippen LogP contribution in [0.2, 0.25) is 0 Å². The van der Waals surface area contributed by atoms with Gasteiger partial charge in [0.15, 0.2) is 0 Å². The number of methoxy groups -OCH3 is 1. The Hall–Kier alpha value is -2.65. The molecule has 0 saturated carbocycles. The average Bonchev–Trinajstić information content (AvgIpc) is 2.86. The van der Waals surface area contributed by atoms with Gasteiger partial charge in [0.2, 0.25) is 6.41 Å². The van der Waals surface area contributed by atoms with E-state index in [-0.39, 0.29) is 42.0 Å². The molecule has 1 aliphatic heterocycles. The van der Waals surface area contributed by atoms with E-state index in [0.29, 0.717) is 38.8 Å². The maximum Gasteiger partial charge on any atom is 0.416 e. The number of alkyl halides is 3. The van der Waals surface area contributed by atoms with Crippen molar-refractivity contribution in [3.63, 3.8) is 0 Å². The fourth-order valence-electron chi connectivity index (χ4n) is 5.03. The maximum atomic E-state index is 15.4. The van der Waals surface area contributed by atoms with E-state index in [4.69, 9.17) is 9.47 Å². The van der Waals surface area contributed by atoms with Gasteiger partial charge in [-0.3, -0.25) is 4.79 Å². The zero-order chi connectivity index (χ0) is 26.3. The van der Waals surface area contributed by atoms with Gasteiger partial charge in [0.1, 0.15) is 11.6 Å². The van der Waals surface area contributed by atoms with Crippen molar-refractivity contribution in [2.24, 2.45) is 5.92 Å². The molecule has 1 amide bonds. The number of amides is 1. The van der Waals surface area contributed by atoms with Gasteiger partial charge in [-0.25, -0.2) is 4.39 Å². The van der Waals surface area contributed by atoms with Gasteiger partial charge in [0.05, 0.1) is 17.8 Å². The van der Waals surface area contributed by atoms with Crippen molar-refractivity contribution in [2.45, 2.75) is 50.8 Å². The highest BCUT2D eigenvalue weighted by molar-refractivity contribution is 5.72. The number of hydrogen-bond donors (Lipinski definition) is 1. The van der Waals surface area contributed by atoms with Gasteiger partial charge in [0.25, 0.3) is 0 Å². The number of aliphatic hydroxyl groups is 1. The molecule has 2 atom stereocenters. The first kappa shape index (κ1) is 27.9. The van der Waals surface area contributed by atoms with Gasteiger partial charge in [-0.05, 0) is 74.4 Å². The molecular weight excluding hydrogens is 478 g/mol. The molecule has 1 N–H and O–H groups in total. The molecule has 5 nitrogen and oxygen atoms in total. The van der Waals surface area contributed by atoms with Crippen LogP contribution in [0.15, 0.2) is 36.4 Å². The van der Waals surface area contributed by atoms with Crippen molar-refractivity contribution in [3.05, 3.63) is 53.3 Å². The van der Waals surface area contributed by atoms with Gasteiger partial charge in [0, 0.05) is 38.3 Å². The second kappa shape index (κ2) is 12.1. The molecule has 1 aliphatic rings. The van der Waals surface area contributed by atoms with Crippen molar-refractivity contribution in [2.75, 3.05) is 33.4 Å². The Bertz CT molecular complexity index is 1030. The topological polar surface area (TPSA) is 59.0 Å². The Morgan fingerprint density at radius 3 is 2.64 bits per heavy atom. The summed E-state index contributed by atoms with van der Waals surface area (Å²) in [5, 5.41) is 12.2. The minimum absolute atomic E-state index is 0.0280. The highest BCUT2D eigenvalue weighted by Crippen LogP contribution is 2.46. The number of ether oxygens (including phenoxy) is 2. The van der Waals surface area contributed by atoms with E-state index >= 15 is 4.39 Å². The molecule has 3 rings (SSSR count). The van der Waals surface area contributed by atoms with Gasteiger partial charge >= 0.3 is 6.18 Å². The van der Waals surface area contributed by atoms with Gasteiger partial charge in [-0.1, -0.05) is 12.1 Å². The summed E-state index contributed by atoms with van der Waals surface area (Å²) in [5.74, 6) is -1.20. The molecule has 2 aromatic rings. The van der Waals surface area contributed by atoms with E-state index in [1.165, 1.54) is 18.2 Å². The third-order valence-corrected chi connectivity index (χ3v) is 6.75. The van der Waals surface area contributed by atoms with E-state index in [0.717, 1.165) is 18.5 Å². The fraction of sp³-hybridized carbons (Fsp3) is 0.519. The molecular formula is C27H33F4NO4. The first-order valence-electron chi connectivity index (χ1n) is 12.2. The second-order valence-electron chi connectivity index (χ2n) is 9.15. The monoisotopic (exact) mass is 511 g/mol. The molecule has 0 radical (unpaired) electrons. The standard InChI is InChI=1S/C27H33F4NO4/c1-3-36-22-15-19(14-21(16-22)27(29,30)31)25-23(9-6-10-24(25)28)26(34,11-4-5-13-35-2)20-8-7-12-32(17-20)18-33/h6,9-10,14-16,18,20,34H,3-5,7-8,11-13,17H2,1-2H3. The molecule has 36 heavy (non-hydrogen) atoms. The predicted octanol–water partition coefficient (Wildman–Crippen LogP) is 5.78. The Balaban J connectivity index is 2.18. The van der Waals surface area contributed by atoms with Crippen LogP contribution < -0.4 is 4.74 Å². The lowest BCUT2D eigenvalue weighted by molar-refractivity contribution is -0.137. The van der Waals surface area contributed by atoms with Crippen molar-refractivity contribution >= 4 is 6.41 Å². The molecule has 0 bridgehead atoms. The summed E-state index contributed by atoms with van der Waals surface area (Å²) in [5.41, 5.74) is -2.46. The third kappa shape index (κ3) is 6.37. The summed E-state index contributed by atoms with van der Waals surface area (Å²) in [6, 6.07) is 7.32. The molecule has 1 heterocycles. The van der Waals surface area contributed by atoms with Gasteiger partial charge in [-0.15, -0.1) is 0 Å². The van der Waals surface area contributed by atoms with Gasteiger partial charge in [-0.2, -0.15) is 13.2 Å². The molecule has 1 saturated heterocycles. The number of piperidine rings is 1. The Morgan fingerprint density at radius 1 is 1.19 bits per heavy atom. The summed E-state index contributed by atoms with van der Waals surface area (Å²) in [6.07, 6.45) is -1.26. The molecule has 9 heteroatoms. The first-order chi connectivity index (χ1) is 17.1. The van der Waals surface area contributed by atoms with Crippen molar-refractivity contribution < 1.29 is 36.9 Å². The number of unbranched alkanes of at least 4 members (excludes halogenated alkanes) is 1. The van der Waals surface area contributed by atoms with Crippen LogP contribution >= 0.6 is 0 Å². The Labute approximate surface area is 209 Å². The lowest BCUT2D eigenvalue weighted by atomic mass is 9.72. The Morgan fingerprint density at radius 2 is 1.97 bits per heavy atom. The highest BCUT2D eigenvalue weighted by atomic mass is 19.4. The summed E-state index contributed by atoms with van der Waals surface area (Å²) in [7, 11) is 1.57. The van der Waals surface area contributed by atoms with Crippen LogP contribution in [0.4, 0.5) is 17.6 Å². The molecule has 0 spiro atoms. The zero-order valence-corrected chi connectivity index (χ0v) is 20.6. The average molecular weight is 512 g/mol. The molecule has 2 aromatic carbocycles. The first-order valence-corrected chi connectivity index (χ1v) is 12.2. The van der Waals surface area contributed by atoms with Crippen LogP contribution in [0.5, 0.6) is 5.75 Å². The van der Waals surface area contributed by atoms with E-state index < -0.39 is 29.1 Å². The number of rotatable bonds is 11. The summed E-state index contributed by atoms with van der Waals surface area (Å²) >= 11 is 0. The Kier molecular flexibility index (Phi) is 9.35. The molecule has 198 valence electrons. The largest absolute Gasteiger partial charge is 0.494 e. The summed E-state index contributed by atoms with van der Waals surface area (Å²) in [6.45, 7) is 3.09. The van der Waals surface area contributed by atoms with Crippen LogP contribution in [0.25, 0.3) is 11.1 Å². The van der Waals surface area contributed by atoms with Crippen LogP contribution in [-0.2, 0) is 21.3 Å². The van der Waals surface area contributed by atoms with Crippen molar-refractivity contribution in [1.82, 2.24) is 4.90 Å².